The van der Waals surface area contributed by atoms with E-state index in [1.165, 1.54) is 17.7 Å². The predicted octanol–water partition coefficient (Wildman–Crippen LogP) is 5.19. The summed E-state index contributed by atoms with van der Waals surface area (Å²) in [5, 5.41) is 8.62. The van der Waals surface area contributed by atoms with Gasteiger partial charge in [-0.1, -0.05) is 37.6 Å². The monoisotopic (exact) mass is 550 g/mol. The molecule has 0 aliphatic carbocycles. The highest BCUT2D eigenvalue weighted by atomic mass is 79.9. The maximum absolute atomic E-state index is 14.9. The molecule has 178 valence electrons. The summed E-state index contributed by atoms with van der Waals surface area (Å²) in [6.45, 7) is 3.36. The summed E-state index contributed by atoms with van der Waals surface area (Å²) in [6, 6.07) is 11.2. The molecule has 34 heavy (non-hydrogen) atoms. The zero-order valence-corrected chi connectivity index (χ0v) is 20.8. The number of imidazole rings is 1. The molecular weight excluding hydrogens is 530 g/mol. The number of nitrogens with zero attached hydrogens (tertiary/aromatic N) is 3. The number of benzene rings is 2. The molecule has 1 heterocycles. The fourth-order valence-electron chi connectivity index (χ4n) is 3.12. The van der Waals surface area contributed by atoms with Crippen molar-refractivity contribution in [2.75, 3.05) is 6.61 Å². The normalized spacial score (nSPS) is 12.2. The highest BCUT2D eigenvalue weighted by Crippen LogP contribution is 2.39. The van der Waals surface area contributed by atoms with Gasteiger partial charge in [0.25, 0.3) is 0 Å². The summed E-state index contributed by atoms with van der Waals surface area (Å²) in [5.74, 6) is -2.41. The van der Waals surface area contributed by atoms with Gasteiger partial charge < -0.3 is 10.1 Å². The second-order valence-electron chi connectivity index (χ2n) is 7.32. The Hall–Kier alpha value is -2.97. The van der Waals surface area contributed by atoms with Crippen LogP contribution in [0.1, 0.15) is 32.3 Å². The Bertz CT molecular complexity index is 1260. The number of amides is 1. The van der Waals surface area contributed by atoms with Gasteiger partial charge in [0.15, 0.2) is 5.16 Å². The molecule has 0 fully saturated rings. The van der Waals surface area contributed by atoms with Crippen molar-refractivity contribution >= 4 is 50.3 Å². The molecule has 1 N–H and O–H groups in total. The third-order valence-electron chi connectivity index (χ3n) is 4.88. The highest BCUT2D eigenvalue weighted by molar-refractivity contribution is 9.10. The zero-order valence-electron chi connectivity index (χ0n) is 18.3. The Morgan fingerprint density at radius 2 is 2.00 bits per heavy atom. The third-order valence-corrected chi connectivity index (χ3v) is 6.35. The number of nitriles is 1. The molecular formula is C23H21BrF2N4O3S. The number of hydrogen-bond donors (Lipinski definition) is 1. The van der Waals surface area contributed by atoms with Crippen LogP contribution in [-0.2, 0) is 14.3 Å². The zero-order chi connectivity index (χ0) is 24.9. The van der Waals surface area contributed by atoms with Crippen LogP contribution in [-0.4, -0.2) is 39.3 Å². The lowest BCUT2D eigenvalue weighted by Crippen LogP contribution is -2.46. The van der Waals surface area contributed by atoms with Crippen molar-refractivity contribution in [3.8, 4) is 11.8 Å². The second kappa shape index (κ2) is 11.0. The molecule has 0 bridgehead atoms. The molecule has 0 spiro atoms. The van der Waals surface area contributed by atoms with Gasteiger partial charge in [-0.25, -0.2) is 9.78 Å². The minimum absolute atomic E-state index is 0.0507. The van der Waals surface area contributed by atoms with Gasteiger partial charge in [0, 0.05) is 10.8 Å². The standard InChI is InChI=1S/C23H21BrF2N4O3S/c1-3-4-11-33-20(31)14(2)29-21(32)23(25,26)34-22-28-13-19(24)30(22)18-10-9-15(12-27)16-7-5-6-8-17(16)18/h5-10,13-14H,3-4,11H2,1-2H3,(H,29,32). The van der Waals surface area contributed by atoms with Crippen LogP contribution >= 0.6 is 27.7 Å². The van der Waals surface area contributed by atoms with Gasteiger partial charge in [0.1, 0.15) is 10.6 Å². The van der Waals surface area contributed by atoms with Gasteiger partial charge >= 0.3 is 17.1 Å². The molecule has 3 aromatic rings. The molecule has 7 nitrogen and oxygen atoms in total. The van der Waals surface area contributed by atoms with E-state index in [1.54, 1.807) is 36.4 Å². The summed E-state index contributed by atoms with van der Waals surface area (Å²) in [7, 11) is 0. The number of alkyl halides is 2. The average molecular weight is 551 g/mol. The first kappa shape index (κ1) is 25.6. The molecule has 1 unspecified atom stereocenters. The van der Waals surface area contributed by atoms with Gasteiger partial charge in [0.05, 0.1) is 30.1 Å². The summed E-state index contributed by atoms with van der Waals surface area (Å²) in [4.78, 5) is 28.2. The molecule has 1 atom stereocenters. The highest BCUT2D eigenvalue weighted by Gasteiger charge is 2.43. The fraction of sp³-hybridized carbons (Fsp3) is 0.304. The number of rotatable bonds is 9. The molecule has 0 aliphatic rings. The molecule has 1 amide bonds. The van der Waals surface area contributed by atoms with Crippen LogP contribution in [0.3, 0.4) is 0 Å². The van der Waals surface area contributed by atoms with Crippen molar-refractivity contribution in [2.45, 2.75) is 43.1 Å². The number of thioether (sulfide) groups is 1. The number of unbranched alkanes of at least 4 members (excludes halogenated alkanes) is 1. The molecule has 0 aliphatic heterocycles. The van der Waals surface area contributed by atoms with E-state index in [0.717, 1.165) is 6.42 Å². The van der Waals surface area contributed by atoms with Gasteiger partial charge in [0.2, 0.25) is 0 Å². The van der Waals surface area contributed by atoms with Crippen molar-refractivity contribution in [1.82, 2.24) is 14.9 Å². The number of fused-ring (bicyclic) bond motifs is 1. The molecule has 2 aromatic carbocycles. The van der Waals surface area contributed by atoms with Crippen LogP contribution in [0.15, 0.2) is 52.4 Å². The Morgan fingerprint density at radius 3 is 2.68 bits per heavy atom. The Morgan fingerprint density at radius 1 is 1.29 bits per heavy atom. The number of ether oxygens (including phenoxy) is 1. The number of carbonyl (C=O) groups is 2. The fourth-order valence-corrected chi connectivity index (χ4v) is 4.48. The molecule has 11 heteroatoms. The summed E-state index contributed by atoms with van der Waals surface area (Å²) in [5.41, 5.74) is 0.944. The first-order chi connectivity index (χ1) is 16.2. The van der Waals surface area contributed by atoms with Gasteiger partial charge in [-0.05, 0) is 53.2 Å². The number of nitrogens with one attached hydrogen (secondary N) is 1. The first-order valence-corrected chi connectivity index (χ1v) is 12.0. The number of aromatic nitrogens is 2. The van der Waals surface area contributed by atoms with E-state index >= 15 is 0 Å². The minimum Gasteiger partial charge on any atom is -0.464 e. The SMILES string of the molecule is CCCCOC(=O)C(C)NC(=O)C(F)(F)Sc1ncc(Br)n1-c1ccc(C#N)c2ccccc12. The summed E-state index contributed by atoms with van der Waals surface area (Å²) in [6.07, 6.45) is 2.79. The van der Waals surface area contributed by atoms with Gasteiger partial charge in [-0.2, -0.15) is 14.0 Å². The van der Waals surface area contributed by atoms with E-state index in [-0.39, 0.29) is 23.5 Å². The van der Waals surface area contributed by atoms with E-state index in [4.69, 9.17) is 4.74 Å². The van der Waals surface area contributed by atoms with Crippen LogP contribution in [0.4, 0.5) is 8.78 Å². The number of esters is 1. The Balaban J connectivity index is 1.86. The number of carbonyl (C=O) groups excluding carboxylic acids is 2. The average Bonchev–Trinajstić information content (AvgIpc) is 3.17. The van der Waals surface area contributed by atoms with Crippen LogP contribution in [0.2, 0.25) is 0 Å². The quantitative estimate of drug-likeness (QED) is 0.223. The molecule has 0 saturated carbocycles. The van der Waals surface area contributed by atoms with Gasteiger partial charge in [-0.15, -0.1) is 0 Å². The van der Waals surface area contributed by atoms with Gasteiger partial charge in [-0.3, -0.25) is 9.36 Å². The van der Waals surface area contributed by atoms with Crippen molar-refractivity contribution in [3.63, 3.8) is 0 Å². The van der Waals surface area contributed by atoms with E-state index in [1.807, 2.05) is 12.2 Å². The smallest absolute Gasteiger partial charge is 0.377 e. The van der Waals surface area contributed by atoms with E-state index in [2.05, 4.69) is 27.0 Å². The number of halogens is 3. The maximum atomic E-state index is 14.9. The van der Waals surface area contributed by atoms with E-state index in [0.29, 0.717) is 33.0 Å². The number of hydrogen-bond acceptors (Lipinski definition) is 6. The van der Waals surface area contributed by atoms with Crippen LogP contribution in [0.25, 0.3) is 16.5 Å². The lowest BCUT2D eigenvalue weighted by atomic mass is 10.0. The van der Waals surface area contributed by atoms with Crippen LogP contribution in [0, 0.1) is 11.3 Å². The third kappa shape index (κ3) is 5.56. The maximum Gasteiger partial charge on any atom is 0.377 e. The van der Waals surface area contributed by atoms with Crippen molar-refractivity contribution in [3.05, 3.63) is 52.8 Å². The van der Waals surface area contributed by atoms with Crippen molar-refractivity contribution < 1.29 is 23.1 Å². The molecule has 0 radical (unpaired) electrons. The lowest BCUT2D eigenvalue weighted by molar-refractivity contribution is -0.149. The van der Waals surface area contributed by atoms with Crippen molar-refractivity contribution in [1.29, 1.82) is 5.26 Å². The summed E-state index contributed by atoms with van der Waals surface area (Å²) >= 11 is 3.27. The minimum atomic E-state index is -3.93. The largest absolute Gasteiger partial charge is 0.464 e. The van der Waals surface area contributed by atoms with Crippen LogP contribution in [0.5, 0.6) is 0 Å². The summed E-state index contributed by atoms with van der Waals surface area (Å²) < 4.78 is 36.5. The first-order valence-electron chi connectivity index (χ1n) is 10.4. The Kier molecular flexibility index (Phi) is 8.28. The van der Waals surface area contributed by atoms with E-state index < -0.39 is 23.2 Å². The molecule has 1 aromatic heterocycles. The second-order valence-corrected chi connectivity index (χ2v) is 9.22. The lowest BCUT2D eigenvalue weighted by Gasteiger charge is -2.19. The molecule has 3 rings (SSSR count). The topological polar surface area (TPSA) is 97.0 Å². The predicted molar refractivity (Wildman–Crippen MR) is 128 cm³/mol. The van der Waals surface area contributed by atoms with Crippen molar-refractivity contribution in [2.24, 2.45) is 0 Å². The Labute approximate surface area is 207 Å². The van der Waals surface area contributed by atoms with Crippen LogP contribution < -0.4 is 5.32 Å². The van der Waals surface area contributed by atoms with E-state index in [9.17, 15) is 23.6 Å². The molecule has 0 saturated heterocycles.